The van der Waals surface area contributed by atoms with Gasteiger partial charge in [0.25, 0.3) is 0 Å². The first kappa shape index (κ1) is 9.20. The highest BCUT2D eigenvalue weighted by molar-refractivity contribution is 5.85. The summed E-state index contributed by atoms with van der Waals surface area (Å²) in [7, 11) is 0. The van der Waals surface area contributed by atoms with Crippen molar-refractivity contribution in [1.82, 2.24) is 10.3 Å². The van der Waals surface area contributed by atoms with E-state index >= 15 is 0 Å². The molecule has 76 valence electrons. The molecule has 2 rings (SSSR count). The average Bonchev–Trinajstić information content (AvgIpc) is 2.63. The summed E-state index contributed by atoms with van der Waals surface area (Å²) < 4.78 is 4.36. The van der Waals surface area contributed by atoms with Crippen molar-refractivity contribution in [3.63, 3.8) is 0 Å². The van der Waals surface area contributed by atoms with Crippen LogP contribution in [0.1, 0.15) is 5.56 Å². The molecular weight excluding hydrogens is 196 g/mol. The summed E-state index contributed by atoms with van der Waals surface area (Å²) in [6.45, 7) is 0. The SMILES string of the molecule is Nc1nonc1N=Cc1ccccc1O. The normalized spacial score (nSPS) is 10.9. The smallest absolute Gasteiger partial charge is 0.240 e. The summed E-state index contributed by atoms with van der Waals surface area (Å²) in [5, 5.41) is 16.3. The van der Waals surface area contributed by atoms with Gasteiger partial charge < -0.3 is 10.8 Å². The molecule has 0 unspecified atom stereocenters. The number of anilines is 1. The van der Waals surface area contributed by atoms with Gasteiger partial charge in [-0.05, 0) is 22.4 Å². The Morgan fingerprint density at radius 2 is 2.13 bits per heavy atom. The highest BCUT2D eigenvalue weighted by Crippen LogP contribution is 2.17. The number of nitrogens with zero attached hydrogens (tertiary/aromatic N) is 3. The van der Waals surface area contributed by atoms with Crippen LogP contribution >= 0.6 is 0 Å². The van der Waals surface area contributed by atoms with Gasteiger partial charge in [0.05, 0.1) is 0 Å². The molecule has 0 saturated heterocycles. The molecule has 0 amide bonds. The van der Waals surface area contributed by atoms with E-state index in [9.17, 15) is 5.11 Å². The molecule has 6 nitrogen and oxygen atoms in total. The van der Waals surface area contributed by atoms with E-state index in [0.717, 1.165) is 0 Å². The summed E-state index contributed by atoms with van der Waals surface area (Å²) in [6, 6.07) is 6.78. The van der Waals surface area contributed by atoms with Crippen molar-refractivity contribution >= 4 is 17.9 Å². The Bertz CT molecular complexity index is 492. The zero-order valence-electron chi connectivity index (χ0n) is 7.66. The van der Waals surface area contributed by atoms with E-state index in [-0.39, 0.29) is 17.4 Å². The first-order valence-corrected chi connectivity index (χ1v) is 4.17. The molecule has 6 heteroatoms. The molecule has 0 fully saturated rings. The largest absolute Gasteiger partial charge is 0.507 e. The molecule has 0 radical (unpaired) electrons. The molecule has 0 aliphatic rings. The molecule has 3 N–H and O–H groups in total. The molecule has 0 aliphatic carbocycles. The minimum absolute atomic E-state index is 0.113. The van der Waals surface area contributed by atoms with E-state index in [0.29, 0.717) is 5.56 Å². The van der Waals surface area contributed by atoms with E-state index < -0.39 is 0 Å². The van der Waals surface area contributed by atoms with Crippen LogP contribution in [0.25, 0.3) is 0 Å². The molecule has 0 saturated carbocycles. The van der Waals surface area contributed by atoms with Crippen LogP contribution in [-0.4, -0.2) is 21.6 Å². The van der Waals surface area contributed by atoms with E-state index in [1.54, 1.807) is 24.3 Å². The highest BCUT2D eigenvalue weighted by atomic mass is 16.6. The standard InChI is InChI=1S/C9H8N4O2/c10-8-9(13-15-12-8)11-5-6-3-1-2-4-7(6)14/h1-5,14H,(H2,10,12). The zero-order valence-corrected chi connectivity index (χ0v) is 7.66. The number of benzene rings is 1. The zero-order chi connectivity index (χ0) is 10.7. The van der Waals surface area contributed by atoms with Gasteiger partial charge in [-0.15, -0.1) is 0 Å². The maximum Gasteiger partial charge on any atom is 0.240 e. The van der Waals surface area contributed by atoms with E-state index in [1.165, 1.54) is 6.21 Å². The fraction of sp³-hybridized carbons (Fsp3) is 0. The lowest BCUT2D eigenvalue weighted by atomic mass is 10.2. The summed E-state index contributed by atoms with van der Waals surface area (Å²) in [6.07, 6.45) is 1.44. The second-order valence-corrected chi connectivity index (χ2v) is 2.79. The number of nitrogens with two attached hydrogens (primary N) is 1. The van der Waals surface area contributed by atoms with Crippen LogP contribution in [0.15, 0.2) is 33.9 Å². The summed E-state index contributed by atoms with van der Waals surface area (Å²) in [5.41, 5.74) is 5.97. The van der Waals surface area contributed by atoms with Gasteiger partial charge in [0.1, 0.15) is 5.75 Å². The van der Waals surface area contributed by atoms with Gasteiger partial charge in [0, 0.05) is 11.8 Å². The number of aliphatic imine (C=N–C) groups is 1. The Morgan fingerprint density at radius 1 is 1.33 bits per heavy atom. The second-order valence-electron chi connectivity index (χ2n) is 2.79. The predicted molar refractivity (Wildman–Crippen MR) is 54.1 cm³/mol. The molecule has 0 aliphatic heterocycles. The van der Waals surface area contributed by atoms with Crippen LogP contribution in [0, 0.1) is 0 Å². The Hall–Kier alpha value is -2.37. The average molecular weight is 204 g/mol. The van der Waals surface area contributed by atoms with Gasteiger partial charge in [0.15, 0.2) is 0 Å². The number of hydrogen-bond donors (Lipinski definition) is 2. The van der Waals surface area contributed by atoms with Crippen molar-refractivity contribution in [2.75, 3.05) is 5.73 Å². The van der Waals surface area contributed by atoms with E-state index in [1.807, 2.05) is 0 Å². The highest BCUT2D eigenvalue weighted by Gasteiger charge is 2.02. The minimum Gasteiger partial charge on any atom is -0.507 e. The van der Waals surface area contributed by atoms with Crippen molar-refractivity contribution in [3.8, 4) is 5.75 Å². The maximum atomic E-state index is 9.43. The van der Waals surface area contributed by atoms with Gasteiger partial charge in [-0.25, -0.2) is 9.62 Å². The minimum atomic E-state index is 0.113. The molecule has 1 heterocycles. The Balaban J connectivity index is 2.26. The van der Waals surface area contributed by atoms with Gasteiger partial charge in [-0.3, -0.25) is 0 Å². The third kappa shape index (κ3) is 1.93. The first-order chi connectivity index (χ1) is 7.27. The van der Waals surface area contributed by atoms with E-state index in [4.69, 9.17) is 5.73 Å². The van der Waals surface area contributed by atoms with Crippen molar-refractivity contribution in [3.05, 3.63) is 29.8 Å². The fourth-order valence-corrected chi connectivity index (χ4v) is 1.01. The van der Waals surface area contributed by atoms with Crippen LogP contribution in [0.2, 0.25) is 0 Å². The van der Waals surface area contributed by atoms with Crippen molar-refractivity contribution < 1.29 is 9.74 Å². The topological polar surface area (TPSA) is 97.5 Å². The summed E-state index contributed by atoms with van der Waals surface area (Å²) in [4.78, 5) is 3.92. The fourth-order valence-electron chi connectivity index (χ4n) is 1.01. The van der Waals surface area contributed by atoms with Crippen LogP contribution in [0.3, 0.4) is 0 Å². The van der Waals surface area contributed by atoms with Crippen molar-refractivity contribution in [2.45, 2.75) is 0 Å². The predicted octanol–water partition coefficient (Wildman–Crippen LogP) is 1.11. The maximum absolute atomic E-state index is 9.43. The molecule has 0 bridgehead atoms. The van der Waals surface area contributed by atoms with Crippen molar-refractivity contribution in [2.24, 2.45) is 4.99 Å². The number of nitrogen functional groups attached to an aromatic ring is 1. The van der Waals surface area contributed by atoms with Gasteiger partial charge in [0.2, 0.25) is 11.6 Å². The molecular formula is C9H8N4O2. The quantitative estimate of drug-likeness (QED) is 0.714. The Morgan fingerprint density at radius 3 is 2.80 bits per heavy atom. The van der Waals surface area contributed by atoms with Crippen LogP contribution in [-0.2, 0) is 0 Å². The summed E-state index contributed by atoms with van der Waals surface area (Å²) >= 11 is 0. The first-order valence-electron chi connectivity index (χ1n) is 4.17. The number of aromatic hydroxyl groups is 1. The van der Waals surface area contributed by atoms with Crippen LogP contribution in [0.5, 0.6) is 5.75 Å². The summed E-state index contributed by atoms with van der Waals surface area (Å²) in [5.74, 6) is 0.441. The molecule has 0 spiro atoms. The number of rotatable bonds is 2. The number of phenolic OH excluding ortho intramolecular Hbond substituents is 1. The lowest BCUT2D eigenvalue weighted by Gasteiger charge is -1.95. The molecule has 1 aromatic carbocycles. The number of hydrogen-bond acceptors (Lipinski definition) is 6. The lowest BCUT2D eigenvalue weighted by molar-refractivity contribution is 0.310. The Kier molecular flexibility index (Phi) is 2.32. The van der Waals surface area contributed by atoms with Crippen molar-refractivity contribution in [1.29, 1.82) is 0 Å². The molecule has 15 heavy (non-hydrogen) atoms. The van der Waals surface area contributed by atoms with Crippen LogP contribution < -0.4 is 5.73 Å². The van der Waals surface area contributed by atoms with Gasteiger partial charge in [-0.2, -0.15) is 0 Å². The van der Waals surface area contributed by atoms with Gasteiger partial charge in [-0.1, -0.05) is 12.1 Å². The number of aromatic nitrogens is 2. The lowest BCUT2D eigenvalue weighted by Crippen LogP contribution is -1.85. The number of para-hydroxylation sites is 1. The monoisotopic (exact) mass is 204 g/mol. The number of phenols is 1. The van der Waals surface area contributed by atoms with E-state index in [2.05, 4.69) is 19.9 Å². The third-order valence-corrected chi connectivity index (χ3v) is 1.76. The molecule has 0 atom stereocenters. The van der Waals surface area contributed by atoms with Crippen LogP contribution in [0.4, 0.5) is 11.6 Å². The third-order valence-electron chi connectivity index (χ3n) is 1.76. The van der Waals surface area contributed by atoms with Gasteiger partial charge >= 0.3 is 0 Å². The Labute approximate surface area is 85.0 Å². The second kappa shape index (κ2) is 3.79. The molecule has 2 aromatic rings. The molecule has 1 aromatic heterocycles.